The van der Waals surface area contributed by atoms with Gasteiger partial charge in [0.2, 0.25) is 0 Å². The third-order valence-corrected chi connectivity index (χ3v) is 6.37. The standard InChI is InChI=1S/C17H17N3O4S/c1-20(12-6-7-25(22,23)10-12)17(21)13-9-18-19-16(13)15-8-11-4-2-3-5-14(11)24-15/h2-5,8-9,12H,6-7,10H2,1H3,(H,18,19). The Morgan fingerprint density at radius 2 is 2.16 bits per heavy atom. The smallest absolute Gasteiger partial charge is 0.257 e. The molecule has 0 radical (unpaired) electrons. The van der Waals surface area contributed by atoms with Gasteiger partial charge in [-0.1, -0.05) is 18.2 Å². The van der Waals surface area contributed by atoms with Crippen LogP contribution in [0.3, 0.4) is 0 Å². The monoisotopic (exact) mass is 359 g/mol. The molecule has 4 rings (SSSR count). The number of sulfone groups is 1. The van der Waals surface area contributed by atoms with E-state index >= 15 is 0 Å². The minimum Gasteiger partial charge on any atom is -0.454 e. The zero-order valence-corrected chi connectivity index (χ0v) is 14.4. The summed E-state index contributed by atoms with van der Waals surface area (Å²) in [4.78, 5) is 14.3. The fourth-order valence-electron chi connectivity index (χ4n) is 3.18. The second-order valence-electron chi connectivity index (χ2n) is 6.28. The normalized spacial score (nSPS) is 19.3. The minimum absolute atomic E-state index is 0.00701. The maximum atomic E-state index is 12.8. The van der Waals surface area contributed by atoms with Gasteiger partial charge < -0.3 is 9.32 Å². The summed E-state index contributed by atoms with van der Waals surface area (Å²) in [6.45, 7) is 0. The third kappa shape index (κ3) is 2.82. The lowest BCUT2D eigenvalue weighted by Crippen LogP contribution is -2.37. The molecule has 1 fully saturated rings. The average molecular weight is 359 g/mol. The Hall–Kier alpha value is -2.61. The van der Waals surface area contributed by atoms with Gasteiger partial charge in [0.15, 0.2) is 15.6 Å². The lowest BCUT2D eigenvalue weighted by Gasteiger charge is -2.23. The van der Waals surface area contributed by atoms with Crippen molar-refractivity contribution in [3.8, 4) is 11.5 Å². The van der Waals surface area contributed by atoms with E-state index in [1.807, 2.05) is 30.3 Å². The molecule has 1 amide bonds. The summed E-state index contributed by atoms with van der Waals surface area (Å²) in [5, 5.41) is 7.72. The van der Waals surface area contributed by atoms with Crippen molar-refractivity contribution in [2.75, 3.05) is 18.6 Å². The van der Waals surface area contributed by atoms with Crippen molar-refractivity contribution < 1.29 is 17.6 Å². The number of hydrogen-bond acceptors (Lipinski definition) is 5. The highest BCUT2D eigenvalue weighted by atomic mass is 32.2. The Morgan fingerprint density at radius 1 is 1.36 bits per heavy atom. The van der Waals surface area contributed by atoms with Gasteiger partial charge in [-0.2, -0.15) is 5.10 Å². The van der Waals surface area contributed by atoms with Crippen molar-refractivity contribution in [3.05, 3.63) is 42.1 Å². The molecule has 7 nitrogen and oxygen atoms in total. The highest BCUT2D eigenvalue weighted by Crippen LogP contribution is 2.29. The second kappa shape index (κ2) is 5.73. The maximum Gasteiger partial charge on any atom is 0.257 e. The summed E-state index contributed by atoms with van der Waals surface area (Å²) in [6.07, 6.45) is 1.91. The maximum absolute atomic E-state index is 12.8. The van der Waals surface area contributed by atoms with E-state index in [1.54, 1.807) is 7.05 Å². The minimum atomic E-state index is -3.06. The summed E-state index contributed by atoms with van der Waals surface area (Å²) in [5.41, 5.74) is 1.58. The van der Waals surface area contributed by atoms with Gasteiger partial charge in [0.1, 0.15) is 11.3 Å². The number of rotatable bonds is 3. The first kappa shape index (κ1) is 15.9. The number of carbonyl (C=O) groups is 1. The number of para-hydroxylation sites is 1. The van der Waals surface area contributed by atoms with Crippen LogP contribution in [0.1, 0.15) is 16.8 Å². The van der Waals surface area contributed by atoms with Crippen LogP contribution in [0.5, 0.6) is 0 Å². The van der Waals surface area contributed by atoms with Crippen molar-refractivity contribution in [2.45, 2.75) is 12.5 Å². The van der Waals surface area contributed by atoms with Gasteiger partial charge in [0.05, 0.1) is 23.3 Å². The van der Waals surface area contributed by atoms with Crippen LogP contribution in [0.15, 0.2) is 40.9 Å². The number of amides is 1. The predicted octanol–water partition coefficient (Wildman–Crippen LogP) is 2.08. The summed E-state index contributed by atoms with van der Waals surface area (Å²) in [7, 11) is -1.43. The molecule has 0 bridgehead atoms. The van der Waals surface area contributed by atoms with Gasteiger partial charge in [-0.25, -0.2) is 8.42 Å². The largest absolute Gasteiger partial charge is 0.454 e. The Labute approximate surface area is 144 Å². The zero-order valence-electron chi connectivity index (χ0n) is 13.6. The average Bonchev–Trinajstić information content (AvgIpc) is 3.29. The Kier molecular flexibility index (Phi) is 3.64. The van der Waals surface area contributed by atoms with Gasteiger partial charge in [-0.3, -0.25) is 9.89 Å². The van der Waals surface area contributed by atoms with Crippen molar-refractivity contribution in [1.82, 2.24) is 15.1 Å². The highest BCUT2D eigenvalue weighted by molar-refractivity contribution is 7.91. The molecule has 1 aliphatic rings. The van der Waals surface area contributed by atoms with Crippen LogP contribution in [-0.2, 0) is 9.84 Å². The topological polar surface area (TPSA) is 96.3 Å². The molecular formula is C17H17N3O4S. The van der Waals surface area contributed by atoms with Crippen molar-refractivity contribution in [2.24, 2.45) is 0 Å². The van der Waals surface area contributed by atoms with Crippen LogP contribution in [0, 0.1) is 0 Å². The van der Waals surface area contributed by atoms with E-state index in [4.69, 9.17) is 4.42 Å². The van der Waals surface area contributed by atoms with Crippen LogP contribution < -0.4 is 0 Å². The number of aromatic nitrogens is 2. The SMILES string of the molecule is CN(C(=O)c1cn[nH]c1-c1cc2ccccc2o1)C1CCS(=O)(=O)C1. The van der Waals surface area contributed by atoms with Crippen LogP contribution in [-0.4, -0.2) is 54.0 Å². The van der Waals surface area contributed by atoms with Crippen molar-refractivity contribution >= 4 is 26.7 Å². The van der Waals surface area contributed by atoms with Crippen LogP contribution in [0.2, 0.25) is 0 Å². The molecule has 2 aromatic heterocycles. The molecule has 0 saturated carbocycles. The number of nitrogens with one attached hydrogen (secondary N) is 1. The quantitative estimate of drug-likeness (QED) is 0.772. The molecule has 0 spiro atoms. The lowest BCUT2D eigenvalue weighted by atomic mass is 10.1. The summed E-state index contributed by atoms with van der Waals surface area (Å²) >= 11 is 0. The van der Waals surface area contributed by atoms with Gasteiger partial charge in [-0.05, 0) is 18.6 Å². The van der Waals surface area contributed by atoms with E-state index in [1.165, 1.54) is 11.1 Å². The number of benzene rings is 1. The number of furan rings is 1. The van der Waals surface area contributed by atoms with Gasteiger partial charge in [0.25, 0.3) is 5.91 Å². The van der Waals surface area contributed by atoms with E-state index in [0.29, 0.717) is 23.4 Å². The molecule has 8 heteroatoms. The van der Waals surface area contributed by atoms with E-state index in [0.717, 1.165) is 11.0 Å². The first-order valence-corrected chi connectivity index (χ1v) is 9.77. The van der Waals surface area contributed by atoms with Crippen molar-refractivity contribution in [1.29, 1.82) is 0 Å². The number of H-pyrrole nitrogens is 1. The molecule has 3 aromatic rings. The van der Waals surface area contributed by atoms with Gasteiger partial charge in [-0.15, -0.1) is 0 Å². The summed E-state index contributed by atoms with van der Waals surface area (Å²) in [5.74, 6) is 0.380. The summed E-state index contributed by atoms with van der Waals surface area (Å²) in [6, 6.07) is 9.11. The number of carbonyl (C=O) groups excluding carboxylic acids is 1. The van der Waals surface area contributed by atoms with Crippen LogP contribution in [0.25, 0.3) is 22.4 Å². The zero-order chi connectivity index (χ0) is 17.6. The molecule has 25 heavy (non-hydrogen) atoms. The fraction of sp³-hybridized carbons (Fsp3) is 0.294. The first-order chi connectivity index (χ1) is 11.9. The number of aromatic amines is 1. The Morgan fingerprint density at radius 3 is 2.88 bits per heavy atom. The fourth-order valence-corrected chi connectivity index (χ4v) is 4.95. The predicted molar refractivity (Wildman–Crippen MR) is 92.9 cm³/mol. The molecule has 1 aliphatic heterocycles. The molecule has 1 aromatic carbocycles. The molecular weight excluding hydrogens is 342 g/mol. The molecule has 1 unspecified atom stereocenters. The van der Waals surface area contributed by atoms with Crippen LogP contribution >= 0.6 is 0 Å². The van der Waals surface area contributed by atoms with E-state index in [2.05, 4.69) is 10.2 Å². The Bertz CT molecular complexity index is 1020. The second-order valence-corrected chi connectivity index (χ2v) is 8.51. The molecule has 0 aliphatic carbocycles. The lowest BCUT2D eigenvalue weighted by molar-refractivity contribution is 0.0748. The molecule has 130 valence electrons. The summed E-state index contributed by atoms with van der Waals surface area (Å²) < 4.78 is 29.1. The van der Waals surface area contributed by atoms with E-state index in [-0.39, 0.29) is 23.5 Å². The molecule has 1 saturated heterocycles. The number of fused-ring (bicyclic) bond motifs is 1. The third-order valence-electron chi connectivity index (χ3n) is 4.62. The van der Waals surface area contributed by atoms with E-state index in [9.17, 15) is 13.2 Å². The molecule has 1 N–H and O–H groups in total. The van der Waals surface area contributed by atoms with E-state index < -0.39 is 9.84 Å². The van der Waals surface area contributed by atoms with Crippen LogP contribution in [0.4, 0.5) is 0 Å². The number of hydrogen-bond donors (Lipinski definition) is 1. The number of nitrogens with zero attached hydrogens (tertiary/aromatic N) is 2. The van der Waals surface area contributed by atoms with Crippen molar-refractivity contribution in [3.63, 3.8) is 0 Å². The van der Waals surface area contributed by atoms with Gasteiger partial charge in [0, 0.05) is 18.5 Å². The van der Waals surface area contributed by atoms with Gasteiger partial charge >= 0.3 is 0 Å². The molecule has 3 heterocycles. The first-order valence-electron chi connectivity index (χ1n) is 7.94. The Balaban J connectivity index is 1.66. The highest BCUT2D eigenvalue weighted by Gasteiger charge is 2.34. The molecule has 1 atom stereocenters.